The maximum Gasteiger partial charge on any atom is 0.0759 e. The Labute approximate surface area is 127 Å². The number of nitrogens with zero attached hydrogens (tertiary/aromatic N) is 2. The van der Waals surface area contributed by atoms with Crippen molar-refractivity contribution in [1.29, 1.82) is 0 Å². The molecule has 1 aliphatic carbocycles. The predicted octanol–water partition coefficient (Wildman–Crippen LogP) is 3.18. The van der Waals surface area contributed by atoms with Crippen molar-refractivity contribution in [2.75, 3.05) is 13.2 Å². The minimum absolute atomic E-state index is 0.161. The van der Waals surface area contributed by atoms with Crippen LogP contribution in [0.4, 0.5) is 0 Å². The molecule has 4 heteroatoms. The molecule has 0 amide bonds. The summed E-state index contributed by atoms with van der Waals surface area (Å²) in [7, 11) is 0. The highest BCUT2D eigenvalue weighted by atomic mass is 16.5. The molecule has 0 aromatic carbocycles. The maximum absolute atomic E-state index is 6.18. The molecule has 1 N–H and O–H groups in total. The van der Waals surface area contributed by atoms with Crippen molar-refractivity contribution in [3.05, 3.63) is 23.8 Å². The summed E-state index contributed by atoms with van der Waals surface area (Å²) in [5, 5.41) is 3.64. The van der Waals surface area contributed by atoms with Crippen LogP contribution in [0.3, 0.4) is 0 Å². The number of nitrogens with one attached hydrogen (secondary N) is 1. The van der Waals surface area contributed by atoms with Gasteiger partial charge in [0.25, 0.3) is 0 Å². The fourth-order valence-electron chi connectivity index (χ4n) is 4.01. The van der Waals surface area contributed by atoms with E-state index in [9.17, 15) is 0 Å². The Morgan fingerprint density at radius 2 is 2.14 bits per heavy atom. The van der Waals surface area contributed by atoms with Crippen molar-refractivity contribution in [3.63, 3.8) is 0 Å². The van der Waals surface area contributed by atoms with Crippen LogP contribution in [0.2, 0.25) is 0 Å². The summed E-state index contributed by atoms with van der Waals surface area (Å²) in [6.07, 6.45) is 11.2. The molecule has 116 valence electrons. The van der Waals surface area contributed by atoms with Gasteiger partial charge in [-0.25, -0.2) is 0 Å². The molecule has 4 nitrogen and oxygen atoms in total. The van der Waals surface area contributed by atoms with Gasteiger partial charge in [0, 0.05) is 12.8 Å². The molecule has 1 spiro atoms. The van der Waals surface area contributed by atoms with Crippen molar-refractivity contribution in [1.82, 2.24) is 15.3 Å². The van der Waals surface area contributed by atoms with E-state index in [1.165, 1.54) is 32.1 Å². The van der Waals surface area contributed by atoms with Gasteiger partial charge in [-0.05, 0) is 45.1 Å². The van der Waals surface area contributed by atoms with Crippen molar-refractivity contribution < 1.29 is 4.74 Å². The number of aromatic nitrogens is 2. The molecule has 2 atom stereocenters. The molecule has 2 fully saturated rings. The molecule has 1 aliphatic heterocycles. The van der Waals surface area contributed by atoms with E-state index in [4.69, 9.17) is 4.74 Å². The lowest BCUT2D eigenvalue weighted by molar-refractivity contribution is -0.0983. The molecule has 1 saturated carbocycles. The smallest absolute Gasteiger partial charge is 0.0759 e. The Hall–Kier alpha value is -1.00. The summed E-state index contributed by atoms with van der Waals surface area (Å²) < 4.78 is 6.18. The van der Waals surface area contributed by atoms with E-state index in [0.29, 0.717) is 12.0 Å². The van der Waals surface area contributed by atoms with Crippen molar-refractivity contribution >= 4 is 0 Å². The second-order valence-corrected chi connectivity index (χ2v) is 6.61. The van der Waals surface area contributed by atoms with E-state index in [1.807, 2.05) is 19.3 Å². The molecule has 0 bridgehead atoms. The van der Waals surface area contributed by atoms with Gasteiger partial charge in [-0.2, -0.15) is 0 Å². The highest BCUT2D eigenvalue weighted by Gasteiger charge is 2.42. The molecule has 2 unspecified atom stereocenters. The standard InChI is InChI=1S/C17H27N3O/c1-3-18-16(15-12-19-13(2)11-20-15)14-6-9-21-17(10-14)7-4-5-8-17/h11-12,14,16,18H,3-10H2,1-2H3. The third-order valence-electron chi connectivity index (χ3n) is 5.06. The quantitative estimate of drug-likeness (QED) is 0.925. The summed E-state index contributed by atoms with van der Waals surface area (Å²) in [5.41, 5.74) is 2.23. The number of rotatable bonds is 4. The maximum atomic E-state index is 6.18. The van der Waals surface area contributed by atoms with Crippen LogP contribution in [0.25, 0.3) is 0 Å². The predicted molar refractivity (Wildman–Crippen MR) is 83.1 cm³/mol. The summed E-state index contributed by atoms with van der Waals surface area (Å²) in [5.74, 6) is 0.605. The Morgan fingerprint density at radius 1 is 1.33 bits per heavy atom. The first-order chi connectivity index (χ1) is 10.2. The van der Waals surface area contributed by atoms with Gasteiger partial charge in [0.05, 0.1) is 29.2 Å². The van der Waals surface area contributed by atoms with Crippen LogP contribution in [-0.2, 0) is 4.74 Å². The second kappa shape index (κ2) is 6.41. The monoisotopic (exact) mass is 289 g/mol. The van der Waals surface area contributed by atoms with E-state index in [-0.39, 0.29) is 5.60 Å². The highest BCUT2D eigenvalue weighted by Crippen LogP contribution is 2.45. The van der Waals surface area contributed by atoms with E-state index < -0.39 is 0 Å². The fourth-order valence-corrected chi connectivity index (χ4v) is 4.01. The SMILES string of the molecule is CCNC(c1cnc(C)cn1)C1CCOC2(CCCC2)C1. The molecular formula is C17H27N3O. The molecule has 2 heterocycles. The summed E-state index contributed by atoms with van der Waals surface area (Å²) in [4.78, 5) is 9.05. The van der Waals surface area contributed by atoms with Gasteiger partial charge in [-0.15, -0.1) is 0 Å². The summed E-state index contributed by atoms with van der Waals surface area (Å²) >= 11 is 0. The van der Waals surface area contributed by atoms with E-state index >= 15 is 0 Å². The molecule has 1 aromatic heterocycles. The second-order valence-electron chi connectivity index (χ2n) is 6.61. The highest BCUT2D eigenvalue weighted by molar-refractivity contribution is 5.09. The van der Waals surface area contributed by atoms with E-state index in [0.717, 1.165) is 31.0 Å². The van der Waals surface area contributed by atoms with Crippen LogP contribution in [0.15, 0.2) is 12.4 Å². The first-order valence-electron chi connectivity index (χ1n) is 8.38. The summed E-state index contributed by atoms with van der Waals surface area (Å²) in [6, 6.07) is 0.310. The minimum Gasteiger partial charge on any atom is -0.375 e. The van der Waals surface area contributed by atoms with Crippen LogP contribution < -0.4 is 5.32 Å². The van der Waals surface area contributed by atoms with E-state index in [2.05, 4.69) is 22.2 Å². The van der Waals surface area contributed by atoms with Crippen LogP contribution in [0, 0.1) is 12.8 Å². The topological polar surface area (TPSA) is 47.0 Å². The van der Waals surface area contributed by atoms with Gasteiger partial charge in [0.1, 0.15) is 0 Å². The van der Waals surface area contributed by atoms with Crippen molar-refractivity contribution in [2.45, 2.75) is 64.0 Å². The third-order valence-corrected chi connectivity index (χ3v) is 5.06. The van der Waals surface area contributed by atoms with Gasteiger partial charge in [-0.3, -0.25) is 9.97 Å². The van der Waals surface area contributed by atoms with Crippen LogP contribution in [0.1, 0.15) is 62.9 Å². The zero-order valence-corrected chi connectivity index (χ0v) is 13.3. The van der Waals surface area contributed by atoms with Crippen molar-refractivity contribution in [2.24, 2.45) is 5.92 Å². The normalized spacial score (nSPS) is 26.1. The lowest BCUT2D eigenvalue weighted by atomic mass is 9.79. The Kier molecular flexibility index (Phi) is 4.55. The molecule has 21 heavy (non-hydrogen) atoms. The van der Waals surface area contributed by atoms with Crippen LogP contribution in [0.5, 0.6) is 0 Å². The lowest BCUT2D eigenvalue weighted by Crippen LogP contribution is -2.42. The van der Waals surface area contributed by atoms with Gasteiger partial charge < -0.3 is 10.1 Å². The Bertz CT molecular complexity index is 454. The molecule has 0 radical (unpaired) electrons. The summed E-state index contributed by atoms with van der Waals surface area (Å²) in [6.45, 7) is 6.01. The van der Waals surface area contributed by atoms with Gasteiger partial charge in [0.2, 0.25) is 0 Å². The largest absolute Gasteiger partial charge is 0.375 e. The number of ether oxygens (including phenoxy) is 1. The zero-order valence-electron chi connectivity index (χ0n) is 13.3. The van der Waals surface area contributed by atoms with Gasteiger partial charge in [0.15, 0.2) is 0 Å². The number of hydrogen-bond donors (Lipinski definition) is 1. The number of aryl methyl sites for hydroxylation is 1. The third kappa shape index (κ3) is 3.27. The Morgan fingerprint density at radius 3 is 2.81 bits per heavy atom. The Balaban J connectivity index is 1.78. The average Bonchev–Trinajstić information content (AvgIpc) is 2.94. The van der Waals surface area contributed by atoms with Gasteiger partial charge >= 0.3 is 0 Å². The van der Waals surface area contributed by atoms with Crippen molar-refractivity contribution in [3.8, 4) is 0 Å². The number of hydrogen-bond acceptors (Lipinski definition) is 4. The van der Waals surface area contributed by atoms with E-state index in [1.54, 1.807) is 0 Å². The molecule has 2 aliphatic rings. The molecule has 1 saturated heterocycles. The molecule has 1 aromatic rings. The first-order valence-corrected chi connectivity index (χ1v) is 8.38. The van der Waals surface area contributed by atoms with Crippen LogP contribution >= 0.6 is 0 Å². The molecular weight excluding hydrogens is 262 g/mol. The minimum atomic E-state index is 0.161. The molecule has 3 rings (SSSR count). The first kappa shape index (κ1) is 14.9. The lowest BCUT2D eigenvalue weighted by Gasteiger charge is -2.41. The fraction of sp³-hybridized carbons (Fsp3) is 0.765. The van der Waals surface area contributed by atoms with Gasteiger partial charge in [-0.1, -0.05) is 19.8 Å². The average molecular weight is 289 g/mol. The van der Waals surface area contributed by atoms with Crippen LogP contribution in [-0.4, -0.2) is 28.7 Å². The zero-order chi connectivity index (χ0) is 14.7.